The Bertz CT molecular complexity index is 704. The van der Waals surface area contributed by atoms with Gasteiger partial charge in [-0.3, -0.25) is 4.79 Å². The van der Waals surface area contributed by atoms with Gasteiger partial charge in [-0.15, -0.1) is 0 Å². The van der Waals surface area contributed by atoms with E-state index in [0.29, 0.717) is 5.56 Å². The third kappa shape index (κ3) is 3.48. The van der Waals surface area contributed by atoms with Crippen molar-refractivity contribution >= 4 is 11.8 Å². The fraction of sp³-hybridized carbons (Fsp3) is 0.111. The molecule has 0 radical (unpaired) electrons. The van der Waals surface area contributed by atoms with Gasteiger partial charge < -0.3 is 9.84 Å². The van der Waals surface area contributed by atoms with E-state index in [1.54, 1.807) is 48.5 Å². The molecule has 0 aliphatic rings. The highest BCUT2D eigenvalue weighted by Gasteiger charge is 2.23. The van der Waals surface area contributed by atoms with Crippen LogP contribution in [0, 0.1) is 0 Å². The van der Waals surface area contributed by atoms with Gasteiger partial charge in [-0.2, -0.15) is 0 Å². The van der Waals surface area contributed by atoms with Gasteiger partial charge in [-0.25, -0.2) is 4.79 Å². The lowest BCUT2D eigenvalue weighted by atomic mass is 9.99. The minimum Gasteiger partial charge on any atom is -0.423 e. The van der Waals surface area contributed by atoms with E-state index in [1.807, 2.05) is 0 Å². The Kier molecular flexibility index (Phi) is 4.86. The average Bonchev–Trinajstić information content (AvgIpc) is 2.54. The smallest absolute Gasteiger partial charge is 0.338 e. The van der Waals surface area contributed by atoms with E-state index in [9.17, 15) is 14.7 Å². The van der Waals surface area contributed by atoms with Gasteiger partial charge in [0.15, 0.2) is 5.78 Å². The Labute approximate surface area is 128 Å². The minimum atomic E-state index is -1.41. The van der Waals surface area contributed by atoms with Crippen molar-refractivity contribution in [2.75, 3.05) is 0 Å². The first kappa shape index (κ1) is 15.7. The predicted octanol–water partition coefficient (Wildman–Crippen LogP) is 3.08. The van der Waals surface area contributed by atoms with Gasteiger partial charge in [-0.05, 0) is 13.0 Å². The second kappa shape index (κ2) is 6.83. The maximum absolute atomic E-state index is 12.3. The maximum atomic E-state index is 12.3. The van der Waals surface area contributed by atoms with Crippen LogP contribution in [0.15, 0.2) is 66.7 Å². The Morgan fingerprint density at radius 2 is 1.64 bits per heavy atom. The van der Waals surface area contributed by atoms with Gasteiger partial charge in [0.2, 0.25) is 0 Å². The number of Topliss-reactive ketones (excluding diaryl/α,β-unsaturated/α-hetero) is 1. The van der Waals surface area contributed by atoms with E-state index in [-0.39, 0.29) is 16.9 Å². The molecule has 112 valence electrons. The zero-order valence-electron chi connectivity index (χ0n) is 12.2. The molecule has 22 heavy (non-hydrogen) atoms. The van der Waals surface area contributed by atoms with E-state index >= 15 is 0 Å². The molecule has 0 aliphatic heterocycles. The van der Waals surface area contributed by atoms with Gasteiger partial charge in [0.05, 0.1) is 0 Å². The summed E-state index contributed by atoms with van der Waals surface area (Å²) < 4.78 is 5.16. The Hall–Kier alpha value is -2.72. The molecule has 4 heteroatoms. The monoisotopic (exact) mass is 296 g/mol. The van der Waals surface area contributed by atoms with Crippen LogP contribution in [0.4, 0.5) is 0 Å². The molecule has 0 aliphatic carbocycles. The molecule has 4 nitrogen and oxygen atoms in total. The number of carbonyl (C=O) groups is 2. The van der Waals surface area contributed by atoms with Gasteiger partial charge >= 0.3 is 5.97 Å². The van der Waals surface area contributed by atoms with Crippen molar-refractivity contribution in [1.82, 2.24) is 0 Å². The van der Waals surface area contributed by atoms with Gasteiger partial charge in [0.25, 0.3) is 0 Å². The number of hydrogen-bond donors (Lipinski definition) is 1. The van der Waals surface area contributed by atoms with Crippen LogP contribution in [0.25, 0.3) is 0 Å². The number of ketones is 1. The summed E-state index contributed by atoms with van der Waals surface area (Å²) >= 11 is 0. The number of aliphatic hydroxyl groups is 1. The Morgan fingerprint density at radius 3 is 2.27 bits per heavy atom. The first-order valence-electron chi connectivity index (χ1n) is 6.74. The highest BCUT2D eigenvalue weighted by atomic mass is 16.5. The van der Waals surface area contributed by atoms with Crippen LogP contribution in [0.2, 0.25) is 0 Å². The summed E-state index contributed by atoms with van der Waals surface area (Å²) in [5.41, 5.74) is 0.862. The number of para-hydroxylation sites is 1. The lowest BCUT2D eigenvalue weighted by molar-refractivity contribution is -0.130. The van der Waals surface area contributed by atoms with Crippen LogP contribution in [-0.4, -0.2) is 16.9 Å². The summed E-state index contributed by atoms with van der Waals surface area (Å²) in [6.07, 6.45) is -1.41. The molecule has 1 atom stereocenters. The third-order valence-corrected chi connectivity index (χ3v) is 3.07. The molecule has 0 saturated heterocycles. The fourth-order valence-corrected chi connectivity index (χ4v) is 1.89. The van der Waals surface area contributed by atoms with E-state index in [2.05, 4.69) is 6.58 Å². The molecular weight excluding hydrogens is 280 g/mol. The van der Waals surface area contributed by atoms with Crippen LogP contribution in [0.3, 0.4) is 0 Å². The number of hydrogen-bond acceptors (Lipinski definition) is 4. The van der Waals surface area contributed by atoms with Crippen LogP contribution in [0.1, 0.15) is 28.9 Å². The number of carbonyl (C=O) groups excluding carboxylic acids is 2. The fourth-order valence-electron chi connectivity index (χ4n) is 1.89. The molecule has 2 aromatic rings. The maximum Gasteiger partial charge on any atom is 0.338 e. The van der Waals surface area contributed by atoms with Crippen molar-refractivity contribution in [2.45, 2.75) is 13.0 Å². The quantitative estimate of drug-likeness (QED) is 0.398. The summed E-state index contributed by atoms with van der Waals surface area (Å²) in [6, 6.07) is 14.8. The zero-order valence-corrected chi connectivity index (χ0v) is 12.2. The topological polar surface area (TPSA) is 63.6 Å². The number of benzene rings is 2. The Balaban J connectivity index is 2.30. The van der Waals surface area contributed by atoms with Crippen LogP contribution in [0.5, 0.6) is 5.75 Å². The molecule has 0 saturated carbocycles. The first-order chi connectivity index (χ1) is 10.5. The standard InChI is InChI=1S/C18H16O4/c1-12(2)18(21)22-15-11-7-6-10-14(15)17(20)16(19)13-8-4-3-5-9-13/h3-11,17,20H,1H2,2H3. The lowest BCUT2D eigenvalue weighted by Gasteiger charge is -2.14. The molecule has 1 unspecified atom stereocenters. The Morgan fingerprint density at radius 1 is 1.05 bits per heavy atom. The summed E-state index contributed by atoms with van der Waals surface area (Å²) in [7, 11) is 0. The molecule has 2 rings (SSSR count). The second-order valence-corrected chi connectivity index (χ2v) is 4.84. The predicted molar refractivity (Wildman–Crippen MR) is 82.6 cm³/mol. The van der Waals surface area contributed by atoms with Crippen molar-refractivity contribution in [1.29, 1.82) is 0 Å². The largest absolute Gasteiger partial charge is 0.423 e. The zero-order chi connectivity index (χ0) is 16.1. The van der Waals surface area contributed by atoms with Crippen LogP contribution in [-0.2, 0) is 4.79 Å². The van der Waals surface area contributed by atoms with E-state index in [1.165, 1.54) is 13.0 Å². The first-order valence-corrected chi connectivity index (χ1v) is 6.74. The normalized spacial score (nSPS) is 11.5. The molecular formula is C18H16O4. The SMILES string of the molecule is C=C(C)C(=O)Oc1ccccc1C(O)C(=O)c1ccccc1. The summed E-state index contributed by atoms with van der Waals surface area (Å²) in [5, 5.41) is 10.3. The van der Waals surface area contributed by atoms with Gasteiger partial charge in [-0.1, -0.05) is 55.1 Å². The molecule has 0 amide bonds. The lowest BCUT2D eigenvalue weighted by Crippen LogP contribution is -2.16. The van der Waals surface area contributed by atoms with E-state index in [4.69, 9.17) is 4.74 Å². The average molecular weight is 296 g/mol. The van der Waals surface area contributed by atoms with E-state index in [0.717, 1.165) is 0 Å². The number of esters is 1. The van der Waals surface area contributed by atoms with Crippen molar-refractivity contribution in [3.05, 3.63) is 77.9 Å². The van der Waals surface area contributed by atoms with E-state index < -0.39 is 17.9 Å². The highest BCUT2D eigenvalue weighted by molar-refractivity contribution is 6.00. The van der Waals surface area contributed by atoms with Crippen LogP contribution >= 0.6 is 0 Å². The summed E-state index contributed by atoms with van der Waals surface area (Å²) in [4.78, 5) is 23.9. The molecule has 0 fully saturated rings. The van der Waals surface area contributed by atoms with Gasteiger partial charge in [0.1, 0.15) is 11.9 Å². The number of aliphatic hydroxyl groups excluding tert-OH is 1. The van der Waals surface area contributed by atoms with Gasteiger partial charge in [0, 0.05) is 16.7 Å². The van der Waals surface area contributed by atoms with Crippen molar-refractivity contribution in [2.24, 2.45) is 0 Å². The minimum absolute atomic E-state index is 0.146. The molecule has 0 bridgehead atoms. The molecule has 0 heterocycles. The van der Waals surface area contributed by atoms with Crippen LogP contribution < -0.4 is 4.74 Å². The summed E-state index contributed by atoms with van der Waals surface area (Å²) in [6.45, 7) is 5.03. The molecule has 1 N–H and O–H groups in total. The second-order valence-electron chi connectivity index (χ2n) is 4.84. The van der Waals surface area contributed by atoms with Crippen molar-refractivity contribution < 1.29 is 19.4 Å². The molecule has 2 aromatic carbocycles. The van der Waals surface area contributed by atoms with Crippen molar-refractivity contribution in [3.63, 3.8) is 0 Å². The highest BCUT2D eigenvalue weighted by Crippen LogP contribution is 2.28. The third-order valence-electron chi connectivity index (χ3n) is 3.07. The number of rotatable bonds is 5. The van der Waals surface area contributed by atoms with Crippen molar-refractivity contribution in [3.8, 4) is 5.75 Å². The number of ether oxygens (including phenoxy) is 1. The summed E-state index contributed by atoms with van der Waals surface area (Å²) in [5.74, 6) is -0.918. The molecule has 0 spiro atoms. The molecule has 0 aromatic heterocycles.